The predicted octanol–water partition coefficient (Wildman–Crippen LogP) is 0.863. The lowest BCUT2D eigenvalue weighted by atomic mass is 10.2. The normalized spacial score (nSPS) is 10.6. The van der Waals surface area contributed by atoms with Crippen molar-refractivity contribution in [1.82, 2.24) is 9.13 Å². The zero-order valence-electron chi connectivity index (χ0n) is 12.7. The topological polar surface area (TPSA) is 93.3 Å². The minimum atomic E-state index is -0.686. The van der Waals surface area contributed by atoms with Crippen LogP contribution in [0.3, 0.4) is 0 Å². The lowest BCUT2D eigenvalue weighted by molar-refractivity contribution is 0.102. The fraction of sp³-hybridized carbons (Fsp3) is 0.267. The van der Waals surface area contributed by atoms with Crippen LogP contribution in [0.25, 0.3) is 0 Å². The third-order valence-electron chi connectivity index (χ3n) is 3.45. The zero-order valence-corrected chi connectivity index (χ0v) is 14.3. The minimum Gasteiger partial charge on any atom is -0.395 e. The summed E-state index contributed by atoms with van der Waals surface area (Å²) in [5, 5.41) is 11.6. The summed E-state index contributed by atoms with van der Waals surface area (Å²) in [6.45, 7) is 1.55. The third kappa shape index (κ3) is 3.43. The molecule has 0 aliphatic carbocycles. The smallest absolute Gasteiger partial charge is 0.330 e. The summed E-state index contributed by atoms with van der Waals surface area (Å²) >= 11 is 3.37. The first kappa shape index (κ1) is 17.2. The van der Waals surface area contributed by atoms with Gasteiger partial charge in [-0.2, -0.15) is 0 Å². The molecular formula is C15H16BrN3O4. The highest BCUT2D eigenvalue weighted by Crippen LogP contribution is 2.23. The Balaban J connectivity index is 2.45. The maximum atomic E-state index is 12.4. The number of nitrogens with zero attached hydrogens (tertiary/aromatic N) is 2. The molecule has 1 aromatic carbocycles. The predicted molar refractivity (Wildman–Crippen MR) is 89.9 cm³/mol. The molecule has 0 saturated carbocycles. The molecule has 1 heterocycles. The zero-order chi connectivity index (χ0) is 17.1. The Morgan fingerprint density at radius 1 is 1.35 bits per heavy atom. The van der Waals surface area contributed by atoms with Crippen LogP contribution in [0.15, 0.2) is 38.5 Å². The highest BCUT2D eigenvalue weighted by molar-refractivity contribution is 9.10. The van der Waals surface area contributed by atoms with Gasteiger partial charge in [-0.25, -0.2) is 4.79 Å². The average molecular weight is 382 g/mol. The van der Waals surface area contributed by atoms with Crippen LogP contribution in [0.1, 0.15) is 15.9 Å². The van der Waals surface area contributed by atoms with Gasteiger partial charge in [0.15, 0.2) is 0 Å². The van der Waals surface area contributed by atoms with E-state index in [1.807, 2.05) is 13.0 Å². The van der Waals surface area contributed by atoms with E-state index in [2.05, 4.69) is 21.2 Å². The Hall–Kier alpha value is -2.19. The molecule has 0 unspecified atom stereocenters. The summed E-state index contributed by atoms with van der Waals surface area (Å²) in [7, 11) is 1.29. The van der Waals surface area contributed by atoms with Crippen LogP contribution < -0.4 is 16.6 Å². The Morgan fingerprint density at radius 2 is 2.04 bits per heavy atom. The van der Waals surface area contributed by atoms with Crippen molar-refractivity contribution in [3.63, 3.8) is 0 Å². The molecule has 2 rings (SSSR count). The number of benzene rings is 1. The number of hydrogen-bond donors (Lipinski definition) is 2. The quantitative estimate of drug-likeness (QED) is 0.821. The Kier molecular flexibility index (Phi) is 5.17. The SMILES string of the molecule is Cc1c(Br)cccc1NC(=O)c1cn(CCO)c(=O)n(C)c1=O. The Labute approximate surface area is 140 Å². The van der Waals surface area contributed by atoms with Crippen LogP contribution in [0, 0.1) is 6.92 Å². The first-order valence-corrected chi connectivity index (χ1v) is 7.64. The van der Waals surface area contributed by atoms with Gasteiger partial charge in [-0.3, -0.25) is 18.7 Å². The van der Waals surface area contributed by atoms with E-state index in [0.717, 1.165) is 19.2 Å². The second-order valence-corrected chi connectivity index (χ2v) is 5.83. The van der Waals surface area contributed by atoms with Crippen molar-refractivity contribution in [3.8, 4) is 0 Å². The number of aromatic nitrogens is 2. The number of nitrogens with one attached hydrogen (secondary N) is 1. The Bertz CT molecular complexity index is 870. The monoisotopic (exact) mass is 381 g/mol. The summed E-state index contributed by atoms with van der Waals surface area (Å²) < 4.78 is 2.80. The number of carbonyl (C=O) groups excluding carboxylic acids is 1. The molecule has 1 amide bonds. The summed E-state index contributed by atoms with van der Waals surface area (Å²) in [5.41, 5.74) is -0.0545. The number of anilines is 1. The van der Waals surface area contributed by atoms with Gasteiger partial charge >= 0.3 is 5.69 Å². The standard InChI is InChI=1S/C15H16BrN3O4/c1-9-11(16)4-3-5-12(9)17-13(21)10-8-19(6-7-20)15(23)18(2)14(10)22/h3-5,8,20H,6-7H2,1-2H3,(H,17,21). The maximum absolute atomic E-state index is 12.4. The number of rotatable bonds is 4. The van der Waals surface area contributed by atoms with E-state index in [-0.39, 0.29) is 18.7 Å². The van der Waals surface area contributed by atoms with Crippen molar-refractivity contribution in [2.24, 2.45) is 7.05 Å². The molecule has 0 fully saturated rings. The third-order valence-corrected chi connectivity index (χ3v) is 4.31. The van der Waals surface area contributed by atoms with Gasteiger partial charge in [0.1, 0.15) is 5.56 Å². The van der Waals surface area contributed by atoms with E-state index in [1.165, 1.54) is 13.2 Å². The summed E-state index contributed by atoms with van der Waals surface area (Å²) in [6.07, 6.45) is 1.17. The molecule has 0 spiro atoms. The van der Waals surface area contributed by atoms with Crippen molar-refractivity contribution in [1.29, 1.82) is 0 Å². The van der Waals surface area contributed by atoms with Crippen LogP contribution in [0.2, 0.25) is 0 Å². The van der Waals surface area contributed by atoms with E-state index in [9.17, 15) is 14.4 Å². The number of aliphatic hydroxyl groups is 1. The molecule has 7 nitrogen and oxygen atoms in total. The first-order valence-electron chi connectivity index (χ1n) is 6.84. The first-order chi connectivity index (χ1) is 10.9. The number of aliphatic hydroxyl groups excluding tert-OH is 1. The van der Waals surface area contributed by atoms with Crippen LogP contribution in [0.5, 0.6) is 0 Å². The van der Waals surface area contributed by atoms with E-state index < -0.39 is 17.2 Å². The fourth-order valence-corrected chi connectivity index (χ4v) is 2.45. The molecule has 8 heteroatoms. The molecule has 2 N–H and O–H groups in total. The lowest BCUT2D eigenvalue weighted by Crippen LogP contribution is -2.41. The lowest BCUT2D eigenvalue weighted by Gasteiger charge is -2.12. The van der Waals surface area contributed by atoms with Gasteiger partial charge < -0.3 is 10.4 Å². The van der Waals surface area contributed by atoms with Crippen LogP contribution in [-0.2, 0) is 13.6 Å². The molecule has 122 valence electrons. The molecule has 0 radical (unpaired) electrons. The van der Waals surface area contributed by atoms with Crippen LogP contribution in [0.4, 0.5) is 5.69 Å². The highest BCUT2D eigenvalue weighted by atomic mass is 79.9. The molecule has 0 bridgehead atoms. The van der Waals surface area contributed by atoms with Gasteiger partial charge in [0.2, 0.25) is 0 Å². The molecule has 1 aromatic heterocycles. The summed E-state index contributed by atoms with van der Waals surface area (Å²) in [6, 6.07) is 5.31. The van der Waals surface area contributed by atoms with Gasteiger partial charge in [-0.1, -0.05) is 22.0 Å². The Morgan fingerprint density at radius 3 is 2.70 bits per heavy atom. The maximum Gasteiger partial charge on any atom is 0.330 e. The molecule has 0 aliphatic heterocycles. The molecule has 0 aliphatic rings. The van der Waals surface area contributed by atoms with Crippen LogP contribution in [-0.4, -0.2) is 26.8 Å². The van der Waals surface area contributed by atoms with E-state index in [1.54, 1.807) is 12.1 Å². The van der Waals surface area contributed by atoms with Gasteiger partial charge in [0.25, 0.3) is 11.5 Å². The second kappa shape index (κ2) is 6.93. The highest BCUT2D eigenvalue weighted by Gasteiger charge is 2.16. The molecule has 23 heavy (non-hydrogen) atoms. The van der Waals surface area contributed by atoms with Gasteiger partial charge in [-0.05, 0) is 24.6 Å². The van der Waals surface area contributed by atoms with Crippen molar-refractivity contribution in [3.05, 3.63) is 60.8 Å². The number of carbonyl (C=O) groups is 1. The number of halogens is 1. The van der Waals surface area contributed by atoms with Crippen LogP contribution >= 0.6 is 15.9 Å². The van der Waals surface area contributed by atoms with Gasteiger partial charge in [0.05, 0.1) is 13.2 Å². The molecule has 0 atom stereocenters. The minimum absolute atomic E-state index is 0.00312. The van der Waals surface area contributed by atoms with Gasteiger partial charge in [-0.15, -0.1) is 0 Å². The van der Waals surface area contributed by atoms with Gasteiger partial charge in [0, 0.05) is 23.4 Å². The van der Waals surface area contributed by atoms with Crippen molar-refractivity contribution in [2.45, 2.75) is 13.5 Å². The van der Waals surface area contributed by atoms with Crippen molar-refractivity contribution < 1.29 is 9.90 Å². The van der Waals surface area contributed by atoms with E-state index in [4.69, 9.17) is 5.11 Å². The van der Waals surface area contributed by atoms with E-state index in [0.29, 0.717) is 5.69 Å². The molecular weight excluding hydrogens is 366 g/mol. The average Bonchev–Trinajstić information content (AvgIpc) is 2.52. The largest absolute Gasteiger partial charge is 0.395 e. The van der Waals surface area contributed by atoms with E-state index >= 15 is 0 Å². The second-order valence-electron chi connectivity index (χ2n) is 4.97. The number of hydrogen-bond acceptors (Lipinski definition) is 4. The molecule has 2 aromatic rings. The molecule has 0 saturated heterocycles. The number of amides is 1. The summed E-state index contributed by atoms with van der Waals surface area (Å²) in [5.74, 6) is -0.613. The van der Waals surface area contributed by atoms with Crippen molar-refractivity contribution in [2.75, 3.05) is 11.9 Å². The summed E-state index contributed by atoms with van der Waals surface area (Å²) in [4.78, 5) is 36.4. The van der Waals surface area contributed by atoms with Crippen molar-refractivity contribution >= 4 is 27.5 Å². The fourth-order valence-electron chi connectivity index (χ4n) is 2.08.